The largest absolute Gasteiger partial charge is 0.375 e. The summed E-state index contributed by atoms with van der Waals surface area (Å²) in [6.07, 6.45) is 6.61. The standard InChI is InChI=1S/C15H29NO3S2/c1-3-7-16-14(12-21(2,17)18)13-4-8-19-15(11-13)5-9-20-10-6-15/h13-14,16H,3-12H2,1-2H3. The highest BCUT2D eigenvalue weighted by Crippen LogP contribution is 2.40. The van der Waals surface area contributed by atoms with Gasteiger partial charge in [-0.1, -0.05) is 6.92 Å². The van der Waals surface area contributed by atoms with E-state index in [1.807, 2.05) is 11.8 Å². The third-order valence-electron chi connectivity index (χ3n) is 4.64. The number of hydrogen-bond acceptors (Lipinski definition) is 5. The molecule has 2 saturated heterocycles. The van der Waals surface area contributed by atoms with E-state index >= 15 is 0 Å². The van der Waals surface area contributed by atoms with Crippen molar-refractivity contribution in [1.29, 1.82) is 0 Å². The quantitative estimate of drug-likeness (QED) is 0.805. The second-order valence-electron chi connectivity index (χ2n) is 6.55. The summed E-state index contributed by atoms with van der Waals surface area (Å²) in [5, 5.41) is 3.48. The highest BCUT2D eigenvalue weighted by molar-refractivity contribution is 7.99. The number of ether oxygens (including phenoxy) is 1. The summed E-state index contributed by atoms with van der Waals surface area (Å²) in [4.78, 5) is 0. The first-order chi connectivity index (χ1) is 9.94. The van der Waals surface area contributed by atoms with Gasteiger partial charge in [0.15, 0.2) is 0 Å². The molecule has 0 aromatic heterocycles. The third-order valence-corrected chi connectivity index (χ3v) is 6.59. The maximum Gasteiger partial charge on any atom is 0.148 e. The smallest absolute Gasteiger partial charge is 0.148 e. The molecule has 0 bridgehead atoms. The van der Waals surface area contributed by atoms with Gasteiger partial charge in [-0.25, -0.2) is 8.42 Å². The van der Waals surface area contributed by atoms with Crippen molar-refractivity contribution in [3.05, 3.63) is 0 Å². The van der Waals surface area contributed by atoms with Crippen LogP contribution in [0, 0.1) is 5.92 Å². The van der Waals surface area contributed by atoms with Crippen LogP contribution in [0.15, 0.2) is 0 Å². The second kappa shape index (κ2) is 7.66. The van der Waals surface area contributed by atoms with E-state index in [0.717, 1.165) is 45.3 Å². The first kappa shape index (κ1) is 17.6. The highest BCUT2D eigenvalue weighted by Gasteiger charge is 2.41. The Bertz CT molecular complexity index is 413. The van der Waals surface area contributed by atoms with Crippen LogP contribution in [0.1, 0.15) is 39.0 Å². The van der Waals surface area contributed by atoms with Crippen molar-refractivity contribution in [1.82, 2.24) is 5.32 Å². The van der Waals surface area contributed by atoms with Crippen LogP contribution >= 0.6 is 11.8 Å². The van der Waals surface area contributed by atoms with E-state index in [2.05, 4.69) is 12.2 Å². The Morgan fingerprint density at radius 1 is 1.38 bits per heavy atom. The maximum atomic E-state index is 11.7. The lowest BCUT2D eigenvalue weighted by molar-refractivity contribution is -0.106. The van der Waals surface area contributed by atoms with Gasteiger partial charge in [-0.15, -0.1) is 0 Å². The molecule has 2 heterocycles. The molecular weight excluding hydrogens is 306 g/mol. The summed E-state index contributed by atoms with van der Waals surface area (Å²) in [5.74, 6) is 3.02. The summed E-state index contributed by atoms with van der Waals surface area (Å²) >= 11 is 2.00. The van der Waals surface area contributed by atoms with E-state index in [1.54, 1.807) is 0 Å². The van der Waals surface area contributed by atoms with Gasteiger partial charge in [0.2, 0.25) is 0 Å². The number of thioether (sulfide) groups is 1. The van der Waals surface area contributed by atoms with Crippen LogP contribution in [0.2, 0.25) is 0 Å². The molecule has 2 aliphatic heterocycles. The molecule has 0 aromatic carbocycles. The molecule has 2 aliphatic rings. The summed E-state index contributed by atoms with van der Waals surface area (Å²) in [7, 11) is -2.95. The van der Waals surface area contributed by atoms with Crippen LogP contribution in [0.5, 0.6) is 0 Å². The Hall–Kier alpha value is 0.220. The molecule has 0 saturated carbocycles. The molecule has 0 aromatic rings. The number of nitrogens with one attached hydrogen (secondary N) is 1. The van der Waals surface area contributed by atoms with Gasteiger partial charge >= 0.3 is 0 Å². The highest BCUT2D eigenvalue weighted by atomic mass is 32.2. The normalized spacial score (nSPS) is 27.6. The summed E-state index contributed by atoms with van der Waals surface area (Å²) < 4.78 is 29.6. The van der Waals surface area contributed by atoms with Crippen molar-refractivity contribution in [3.63, 3.8) is 0 Å². The van der Waals surface area contributed by atoms with E-state index in [1.165, 1.54) is 17.8 Å². The van der Waals surface area contributed by atoms with Crippen molar-refractivity contribution in [2.75, 3.05) is 36.7 Å². The second-order valence-corrected chi connectivity index (χ2v) is 9.96. The molecule has 2 atom stereocenters. The van der Waals surface area contributed by atoms with Gasteiger partial charge in [-0.3, -0.25) is 0 Å². The molecule has 1 spiro atoms. The minimum atomic E-state index is -2.95. The van der Waals surface area contributed by atoms with Crippen LogP contribution in [-0.4, -0.2) is 56.7 Å². The molecule has 4 nitrogen and oxygen atoms in total. The molecule has 2 unspecified atom stereocenters. The molecule has 6 heteroatoms. The van der Waals surface area contributed by atoms with Crippen LogP contribution in [0.25, 0.3) is 0 Å². The van der Waals surface area contributed by atoms with Crippen molar-refractivity contribution in [2.24, 2.45) is 5.92 Å². The van der Waals surface area contributed by atoms with Crippen LogP contribution in [0.3, 0.4) is 0 Å². The minimum absolute atomic E-state index is 0.0256. The van der Waals surface area contributed by atoms with Crippen LogP contribution < -0.4 is 5.32 Å². The van der Waals surface area contributed by atoms with Gasteiger partial charge in [0.05, 0.1) is 11.4 Å². The van der Waals surface area contributed by atoms with E-state index in [4.69, 9.17) is 4.74 Å². The lowest BCUT2D eigenvalue weighted by Gasteiger charge is -2.45. The number of hydrogen-bond donors (Lipinski definition) is 1. The zero-order chi connectivity index (χ0) is 15.3. The minimum Gasteiger partial charge on any atom is -0.375 e. The van der Waals surface area contributed by atoms with Crippen LogP contribution in [0.4, 0.5) is 0 Å². The fourth-order valence-corrected chi connectivity index (χ4v) is 5.80. The summed E-state index contributed by atoms with van der Waals surface area (Å²) in [5.41, 5.74) is 0.0256. The predicted molar refractivity (Wildman–Crippen MR) is 89.8 cm³/mol. The van der Waals surface area contributed by atoms with Crippen molar-refractivity contribution >= 4 is 21.6 Å². The predicted octanol–water partition coefficient (Wildman–Crippen LogP) is 2.09. The fourth-order valence-electron chi connectivity index (χ4n) is 3.52. The van der Waals surface area contributed by atoms with Gasteiger partial charge < -0.3 is 10.1 Å². The fraction of sp³-hybridized carbons (Fsp3) is 1.00. The van der Waals surface area contributed by atoms with Gasteiger partial charge in [-0.2, -0.15) is 11.8 Å². The van der Waals surface area contributed by atoms with Crippen molar-refractivity contribution in [3.8, 4) is 0 Å². The zero-order valence-corrected chi connectivity index (χ0v) is 14.9. The molecule has 124 valence electrons. The Labute approximate surface area is 133 Å². The Morgan fingerprint density at radius 3 is 2.71 bits per heavy atom. The van der Waals surface area contributed by atoms with E-state index in [-0.39, 0.29) is 17.4 Å². The Balaban J connectivity index is 2.03. The molecule has 0 aliphatic carbocycles. The molecule has 2 rings (SSSR count). The molecule has 2 fully saturated rings. The monoisotopic (exact) mass is 335 g/mol. The topological polar surface area (TPSA) is 55.4 Å². The van der Waals surface area contributed by atoms with Crippen molar-refractivity contribution in [2.45, 2.75) is 50.7 Å². The van der Waals surface area contributed by atoms with Gasteiger partial charge in [0.1, 0.15) is 9.84 Å². The lowest BCUT2D eigenvalue weighted by Crippen LogP contribution is -2.50. The third kappa shape index (κ3) is 5.41. The average molecular weight is 336 g/mol. The Kier molecular flexibility index (Phi) is 6.41. The summed E-state index contributed by atoms with van der Waals surface area (Å²) in [6.45, 7) is 3.79. The first-order valence-electron chi connectivity index (χ1n) is 8.07. The average Bonchev–Trinajstić information content (AvgIpc) is 2.43. The van der Waals surface area contributed by atoms with E-state index in [0.29, 0.717) is 5.92 Å². The first-order valence-corrected chi connectivity index (χ1v) is 11.3. The van der Waals surface area contributed by atoms with Gasteiger partial charge in [0.25, 0.3) is 0 Å². The maximum absolute atomic E-state index is 11.7. The SMILES string of the molecule is CCCNC(CS(C)(=O)=O)C1CCOC2(CCSCC2)C1. The summed E-state index contributed by atoms with van der Waals surface area (Å²) in [6, 6.07) is 0.0790. The Morgan fingerprint density at radius 2 is 2.10 bits per heavy atom. The van der Waals surface area contributed by atoms with Crippen LogP contribution in [-0.2, 0) is 14.6 Å². The number of sulfone groups is 1. The molecule has 21 heavy (non-hydrogen) atoms. The molecule has 1 N–H and O–H groups in total. The van der Waals surface area contributed by atoms with Gasteiger partial charge in [0, 0.05) is 18.9 Å². The molecule has 0 amide bonds. The molecular formula is C15H29NO3S2. The zero-order valence-electron chi connectivity index (χ0n) is 13.3. The lowest BCUT2D eigenvalue weighted by atomic mass is 9.79. The number of rotatable bonds is 6. The van der Waals surface area contributed by atoms with E-state index in [9.17, 15) is 8.42 Å². The van der Waals surface area contributed by atoms with Crippen molar-refractivity contribution < 1.29 is 13.2 Å². The van der Waals surface area contributed by atoms with E-state index < -0.39 is 9.84 Å². The molecule has 0 radical (unpaired) electrons. The van der Waals surface area contributed by atoms with Gasteiger partial charge in [-0.05, 0) is 56.1 Å².